The van der Waals surface area contributed by atoms with Crippen molar-refractivity contribution in [2.45, 2.75) is 200 Å². The SMILES string of the molecule is CCC/C=C\CCCCCCCC(=O)OC(CCCCCCCCCCCCC)CCCCCCCC(=O)NCC(=O)O. The highest BCUT2D eigenvalue weighted by atomic mass is 16.5. The fourth-order valence-electron chi connectivity index (χ4n) is 5.46. The van der Waals surface area contributed by atoms with Crippen LogP contribution in [0.4, 0.5) is 0 Å². The van der Waals surface area contributed by atoms with Crippen LogP contribution >= 0.6 is 0 Å². The number of hydrogen-bond acceptors (Lipinski definition) is 4. The lowest BCUT2D eigenvalue weighted by atomic mass is 10.0. The Bertz CT molecular complexity index is 678. The van der Waals surface area contributed by atoms with Crippen LogP contribution in [0.3, 0.4) is 0 Å². The number of rotatable bonds is 33. The van der Waals surface area contributed by atoms with Gasteiger partial charge in [0.25, 0.3) is 0 Å². The third-order valence-corrected chi connectivity index (χ3v) is 8.17. The molecule has 0 rings (SSSR count). The molecule has 0 aliphatic heterocycles. The van der Waals surface area contributed by atoms with Crippen LogP contribution in [0, 0.1) is 0 Å². The maximum Gasteiger partial charge on any atom is 0.322 e. The molecule has 0 fully saturated rings. The van der Waals surface area contributed by atoms with Crippen molar-refractivity contribution in [1.82, 2.24) is 5.32 Å². The summed E-state index contributed by atoms with van der Waals surface area (Å²) in [5, 5.41) is 11.0. The summed E-state index contributed by atoms with van der Waals surface area (Å²) in [6.45, 7) is 4.16. The van der Waals surface area contributed by atoms with Gasteiger partial charge in [0, 0.05) is 12.8 Å². The number of nitrogens with one attached hydrogen (secondary N) is 1. The molecule has 0 saturated carbocycles. The summed E-state index contributed by atoms with van der Waals surface area (Å²) in [4.78, 5) is 34.8. The van der Waals surface area contributed by atoms with Crippen LogP contribution in [0.1, 0.15) is 194 Å². The molecule has 2 N–H and O–H groups in total. The molecule has 1 amide bonds. The minimum absolute atomic E-state index is 0.0251. The number of unbranched alkanes of at least 4 members (excludes halogenated alkanes) is 20. The Labute approximate surface area is 265 Å². The van der Waals surface area contributed by atoms with E-state index >= 15 is 0 Å². The van der Waals surface area contributed by atoms with Crippen LogP contribution in [-0.2, 0) is 19.1 Å². The molecule has 0 heterocycles. The van der Waals surface area contributed by atoms with E-state index in [4.69, 9.17) is 9.84 Å². The number of hydrogen-bond donors (Lipinski definition) is 2. The molecule has 0 aromatic heterocycles. The molecular formula is C37H69NO5. The maximum absolute atomic E-state index is 12.6. The van der Waals surface area contributed by atoms with Gasteiger partial charge in [-0.2, -0.15) is 0 Å². The van der Waals surface area contributed by atoms with Crippen LogP contribution in [0.25, 0.3) is 0 Å². The molecule has 0 bridgehead atoms. The summed E-state index contributed by atoms with van der Waals surface area (Å²) < 4.78 is 5.98. The molecule has 0 aliphatic carbocycles. The van der Waals surface area contributed by atoms with Gasteiger partial charge in [-0.3, -0.25) is 14.4 Å². The number of carbonyl (C=O) groups is 3. The summed E-state index contributed by atoms with van der Waals surface area (Å²) in [5.41, 5.74) is 0. The van der Waals surface area contributed by atoms with Gasteiger partial charge in [-0.05, 0) is 57.8 Å². The van der Waals surface area contributed by atoms with E-state index in [1.165, 1.54) is 103 Å². The molecule has 0 saturated heterocycles. The zero-order chi connectivity index (χ0) is 31.6. The van der Waals surface area contributed by atoms with Gasteiger partial charge in [-0.25, -0.2) is 0 Å². The van der Waals surface area contributed by atoms with Crippen molar-refractivity contribution in [1.29, 1.82) is 0 Å². The van der Waals surface area contributed by atoms with Gasteiger partial charge in [-0.15, -0.1) is 0 Å². The standard InChI is InChI=1S/C37H69NO5/c1-3-5-7-9-11-13-15-16-18-21-25-29-34(30-26-22-20-23-27-31-35(39)38-33-36(40)41)43-37(42)32-28-24-19-17-14-12-10-8-6-4-2/h8,10,34H,3-7,9,11-33H2,1-2H3,(H,38,39)(H,40,41)/b10-8-. The van der Waals surface area contributed by atoms with Crippen molar-refractivity contribution < 1.29 is 24.2 Å². The van der Waals surface area contributed by atoms with Crippen LogP contribution in [0.2, 0.25) is 0 Å². The molecule has 252 valence electrons. The number of aliphatic carboxylic acids is 1. The Morgan fingerprint density at radius 1 is 0.581 bits per heavy atom. The van der Waals surface area contributed by atoms with E-state index in [1.54, 1.807) is 0 Å². The lowest BCUT2D eigenvalue weighted by Gasteiger charge is -2.18. The number of carboxylic acids is 1. The Morgan fingerprint density at radius 3 is 1.58 bits per heavy atom. The second-order valence-corrected chi connectivity index (χ2v) is 12.5. The topological polar surface area (TPSA) is 92.7 Å². The lowest BCUT2D eigenvalue weighted by molar-refractivity contribution is -0.150. The highest BCUT2D eigenvalue weighted by Crippen LogP contribution is 2.19. The highest BCUT2D eigenvalue weighted by Gasteiger charge is 2.14. The van der Waals surface area contributed by atoms with Gasteiger partial charge in [0.1, 0.15) is 12.6 Å². The van der Waals surface area contributed by atoms with Crippen LogP contribution in [0.15, 0.2) is 12.2 Å². The second-order valence-electron chi connectivity index (χ2n) is 12.5. The van der Waals surface area contributed by atoms with E-state index in [1.807, 2.05) is 0 Å². The number of carboxylic acid groups (broad SMARTS) is 1. The number of ether oxygens (including phenoxy) is 1. The molecule has 0 aromatic rings. The summed E-state index contributed by atoms with van der Waals surface area (Å²) in [7, 11) is 0. The average molecular weight is 608 g/mol. The summed E-state index contributed by atoms with van der Waals surface area (Å²) in [6.07, 6.45) is 36.1. The van der Waals surface area contributed by atoms with Gasteiger partial charge in [0.2, 0.25) is 5.91 Å². The first-order valence-electron chi connectivity index (χ1n) is 18.3. The maximum atomic E-state index is 12.6. The van der Waals surface area contributed by atoms with Gasteiger partial charge in [0.05, 0.1) is 0 Å². The van der Waals surface area contributed by atoms with Gasteiger partial charge >= 0.3 is 11.9 Å². The number of esters is 1. The molecule has 1 unspecified atom stereocenters. The molecule has 43 heavy (non-hydrogen) atoms. The average Bonchev–Trinajstić information content (AvgIpc) is 2.99. The van der Waals surface area contributed by atoms with Crippen LogP contribution < -0.4 is 5.32 Å². The van der Waals surface area contributed by atoms with Crippen LogP contribution in [0.5, 0.6) is 0 Å². The normalized spacial score (nSPS) is 12.0. The smallest absolute Gasteiger partial charge is 0.322 e. The quantitative estimate of drug-likeness (QED) is 0.0440. The molecule has 1 atom stereocenters. The van der Waals surface area contributed by atoms with Crippen molar-refractivity contribution >= 4 is 17.8 Å². The van der Waals surface area contributed by atoms with Crippen molar-refractivity contribution in [3.8, 4) is 0 Å². The Hall–Kier alpha value is -1.85. The molecule has 6 heteroatoms. The van der Waals surface area contributed by atoms with E-state index in [0.29, 0.717) is 12.8 Å². The van der Waals surface area contributed by atoms with Crippen molar-refractivity contribution in [3.63, 3.8) is 0 Å². The van der Waals surface area contributed by atoms with E-state index in [9.17, 15) is 14.4 Å². The van der Waals surface area contributed by atoms with Gasteiger partial charge < -0.3 is 15.2 Å². The van der Waals surface area contributed by atoms with E-state index in [0.717, 1.165) is 64.2 Å². The predicted molar refractivity (Wildman–Crippen MR) is 180 cm³/mol. The molecular weight excluding hydrogens is 538 g/mol. The van der Waals surface area contributed by atoms with Crippen molar-refractivity contribution in [2.75, 3.05) is 6.54 Å². The van der Waals surface area contributed by atoms with Gasteiger partial charge in [0.15, 0.2) is 0 Å². The minimum Gasteiger partial charge on any atom is -0.480 e. The molecule has 6 nitrogen and oxygen atoms in total. The lowest BCUT2D eigenvalue weighted by Crippen LogP contribution is -2.28. The summed E-state index contributed by atoms with van der Waals surface area (Å²) >= 11 is 0. The number of carbonyl (C=O) groups excluding carboxylic acids is 2. The largest absolute Gasteiger partial charge is 0.480 e. The molecule has 0 radical (unpaired) electrons. The Balaban J connectivity index is 4.18. The highest BCUT2D eigenvalue weighted by molar-refractivity contribution is 5.80. The number of allylic oxidation sites excluding steroid dienone is 2. The fourth-order valence-corrected chi connectivity index (χ4v) is 5.46. The van der Waals surface area contributed by atoms with Crippen molar-refractivity contribution in [3.05, 3.63) is 12.2 Å². The van der Waals surface area contributed by atoms with E-state index in [2.05, 4.69) is 31.3 Å². The van der Waals surface area contributed by atoms with Crippen LogP contribution in [-0.4, -0.2) is 35.6 Å². The third-order valence-electron chi connectivity index (χ3n) is 8.17. The zero-order valence-corrected chi connectivity index (χ0v) is 28.3. The predicted octanol–water partition coefficient (Wildman–Crippen LogP) is 10.6. The molecule has 0 spiro atoms. The Morgan fingerprint density at radius 2 is 1.05 bits per heavy atom. The first-order valence-corrected chi connectivity index (χ1v) is 18.3. The molecule has 0 aromatic carbocycles. The summed E-state index contributed by atoms with van der Waals surface area (Å²) in [5.74, 6) is -1.23. The minimum atomic E-state index is -1.02. The summed E-state index contributed by atoms with van der Waals surface area (Å²) in [6, 6.07) is 0. The monoisotopic (exact) mass is 608 g/mol. The Kier molecular flexibility index (Phi) is 31.6. The fraction of sp³-hybridized carbons (Fsp3) is 0.865. The van der Waals surface area contributed by atoms with E-state index in [-0.39, 0.29) is 24.5 Å². The van der Waals surface area contributed by atoms with E-state index < -0.39 is 5.97 Å². The van der Waals surface area contributed by atoms with Crippen molar-refractivity contribution in [2.24, 2.45) is 0 Å². The zero-order valence-electron chi connectivity index (χ0n) is 28.3. The first-order chi connectivity index (χ1) is 21.0. The molecule has 0 aliphatic rings. The third kappa shape index (κ3) is 32.9. The number of amides is 1. The second kappa shape index (κ2) is 33.1. The first kappa shape index (κ1) is 41.1. The van der Waals surface area contributed by atoms with Gasteiger partial charge in [-0.1, -0.05) is 135 Å².